The molecule has 9 nitrogen and oxygen atoms in total. The van der Waals surface area contributed by atoms with E-state index in [1.54, 1.807) is 31.2 Å². The van der Waals surface area contributed by atoms with E-state index in [4.69, 9.17) is 14.2 Å². The van der Waals surface area contributed by atoms with E-state index in [1.165, 1.54) is 12.1 Å². The summed E-state index contributed by atoms with van der Waals surface area (Å²) < 4.78 is 15.8. The molecule has 0 spiro atoms. The Hall–Kier alpha value is -3.62. The van der Waals surface area contributed by atoms with Gasteiger partial charge in [-0.25, -0.2) is 0 Å². The average Bonchev–Trinajstić information content (AvgIpc) is 2.69. The standard InChI is InChI=1S/C20H22N2O7/c1-3-27-16-9-4-5-10-17(16)28-12-11-19(24)29-13-18(23)21-20-14(2)7-6-8-15(20)22(25)26/h4-10H,3,11-13H2,1-2H3,(H,21,23). The van der Waals surface area contributed by atoms with Crippen LogP contribution in [-0.4, -0.2) is 36.6 Å². The first kappa shape index (κ1) is 21.7. The van der Waals surface area contributed by atoms with Crippen LogP contribution < -0.4 is 14.8 Å². The smallest absolute Gasteiger partial charge is 0.309 e. The number of nitrogens with zero attached hydrogens (tertiary/aromatic N) is 1. The lowest BCUT2D eigenvalue weighted by Crippen LogP contribution is -2.22. The number of para-hydroxylation sites is 3. The molecule has 0 heterocycles. The zero-order valence-corrected chi connectivity index (χ0v) is 16.2. The van der Waals surface area contributed by atoms with Gasteiger partial charge in [0.2, 0.25) is 0 Å². The van der Waals surface area contributed by atoms with Gasteiger partial charge in [0.05, 0.1) is 24.6 Å². The van der Waals surface area contributed by atoms with Crippen molar-refractivity contribution in [1.82, 2.24) is 0 Å². The largest absolute Gasteiger partial charge is 0.490 e. The molecule has 154 valence electrons. The van der Waals surface area contributed by atoms with Crippen molar-refractivity contribution in [2.45, 2.75) is 20.3 Å². The highest BCUT2D eigenvalue weighted by Gasteiger charge is 2.18. The van der Waals surface area contributed by atoms with Gasteiger partial charge >= 0.3 is 5.97 Å². The Morgan fingerprint density at radius 2 is 1.76 bits per heavy atom. The van der Waals surface area contributed by atoms with Crippen LogP contribution in [0.3, 0.4) is 0 Å². The van der Waals surface area contributed by atoms with Crippen LogP contribution in [0, 0.1) is 17.0 Å². The number of amides is 1. The Morgan fingerprint density at radius 1 is 1.07 bits per heavy atom. The molecule has 2 aromatic carbocycles. The Kier molecular flexibility index (Phi) is 7.96. The molecule has 0 bridgehead atoms. The molecule has 0 aliphatic heterocycles. The van der Waals surface area contributed by atoms with E-state index in [1.807, 2.05) is 13.0 Å². The molecule has 29 heavy (non-hydrogen) atoms. The molecule has 0 unspecified atom stereocenters. The van der Waals surface area contributed by atoms with Crippen molar-refractivity contribution >= 4 is 23.3 Å². The summed E-state index contributed by atoms with van der Waals surface area (Å²) in [4.78, 5) is 34.3. The number of aryl methyl sites for hydroxylation is 1. The lowest BCUT2D eigenvalue weighted by molar-refractivity contribution is -0.384. The first-order chi connectivity index (χ1) is 13.9. The Balaban J connectivity index is 1.80. The third-order valence-electron chi connectivity index (χ3n) is 3.79. The summed E-state index contributed by atoms with van der Waals surface area (Å²) in [7, 11) is 0. The van der Waals surface area contributed by atoms with E-state index < -0.39 is 23.4 Å². The third kappa shape index (κ3) is 6.49. The van der Waals surface area contributed by atoms with E-state index in [2.05, 4.69) is 5.32 Å². The summed E-state index contributed by atoms with van der Waals surface area (Å²) >= 11 is 0. The van der Waals surface area contributed by atoms with Crippen molar-refractivity contribution in [2.75, 3.05) is 25.1 Å². The number of nitro groups is 1. The van der Waals surface area contributed by atoms with E-state index in [9.17, 15) is 19.7 Å². The van der Waals surface area contributed by atoms with Gasteiger partial charge in [0.25, 0.3) is 11.6 Å². The molecule has 0 saturated carbocycles. The van der Waals surface area contributed by atoms with Crippen LogP contribution >= 0.6 is 0 Å². The Bertz CT molecular complexity index is 883. The summed E-state index contributed by atoms with van der Waals surface area (Å²) in [6, 6.07) is 11.5. The van der Waals surface area contributed by atoms with Crippen molar-refractivity contribution in [3.63, 3.8) is 0 Å². The van der Waals surface area contributed by atoms with Gasteiger partial charge in [0, 0.05) is 6.07 Å². The SMILES string of the molecule is CCOc1ccccc1OCCC(=O)OCC(=O)Nc1c(C)cccc1[N+](=O)[O-]. The fourth-order valence-electron chi connectivity index (χ4n) is 2.45. The first-order valence-corrected chi connectivity index (χ1v) is 8.96. The van der Waals surface area contributed by atoms with Crippen molar-refractivity contribution in [3.8, 4) is 11.5 Å². The third-order valence-corrected chi connectivity index (χ3v) is 3.79. The molecule has 0 saturated heterocycles. The van der Waals surface area contributed by atoms with Gasteiger partial charge in [-0.3, -0.25) is 19.7 Å². The van der Waals surface area contributed by atoms with Gasteiger partial charge in [0.15, 0.2) is 18.1 Å². The van der Waals surface area contributed by atoms with Crippen molar-refractivity contribution in [2.24, 2.45) is 0 Å². The lowest BCUT2D eigenvalue weighted by Gasteiger charge is -2.11. The molecule has 0 fully saturated rings. The number of anilines is 1. The van der Waals surface area contributed by atoms with Gasteiger partial charge < -0.3 is 19.5 Å². The van der Waals surface area contributed by atoms with Crippen LogP contribution in [0.25, 0.3) is 0 Å². The van der Waals surface area contributed by atoms with Crippen molar-refractivity contribution in [1.29, 1.82) is 0 Å². The quantitative estimate of drug-likeness (QED) is 0.368. The van der Waals surface area contributed by atoms with E-state index in [0.717, 1.165) is 0 Å². The topological polar surface area (TPSA) is 117 Å². The average molecular weight is 402 g/mol. The zero-order valence-electron chi connectivity index (χ0n) is 16.2. The van der Waals surface area contributed by atoms with Crippen LogP contribution in [0.15, 0.2) is 42.5 Å². The molecule has 1 amide bonds. The second-order valence-electron chi connectivity index (χ2n) is 5.91. The highest BCUT2D eigenvalue weighted by atomic mass is 16.6. The number of rotatable bonds is 10. The molecule has 0 atom stereocenters. The van der Waals surface area contributed by atoms with Crippen LogP contribution in [0.2, 0.25) is 0 Å². The maximum absolute atomic E-state index is 12.0. The second kappa shape index (κ2) is 10.6. The number of hydrogen-bond acceptors (Lipinski definition) is 7. The normalized spacial score (nSPS) is 10.1. The van der Waals surface area contributed by atoms with Crippen molar-refractivity contribution < 1.29 is 28.7 Å². The molecule has 0 aliphatic carbocycles. The number of carbonyl (C=O) groups excluding carboxylic acids is 2. The highest BCUT2D eigenvalue weighted by molar-refractivity contribution is 5.95. The minimum Gasteiger partial charge on any atom is -0.490 e. The minimum atomic E-state index is -0.668. The zero-order chi connectivity index (χ0) is 21.2. The molecule has 0 radical (unpaired) electrons. The molecular formula is C20H22N2O7. The van der Waals surface area contributed by atoms with Crippen LogP contribution in [0.4, 0.5) is 11.4 Å². The van der Waals surface area contributed by atoms with Crippen molar-refractivity contribution in [3.05, 3.63) is 58.1 Å². The molecule has 9 heteroatoms. The Labute approximate surface area is 167 Å². The number of nitrogens with one attached hydrogen (secondary N) is 1. The van der Waals surface area contributed by atoms with Gasteiger partial charge in [-0.1, -0.05) is 24.3 Å². The summed E-state index contributed by atoms with van der Waals surface area (Å²) in [6.45, 7) is 3.46. The molecule has 0 aliphatic rings. The van der Waals surface area contributed by atoms with E-state index in [0.29, 0.717) is 23.7 Å². The van der Waals surface area contributed by atoms with Gasteiger partial charge in [0.1, 0.15) is 5.69 Å². The Morgan fingerprint density at radius 3 is 2.41 bits per heavy atom. The van der Waals surface area contributed by atoms with E-state index in [-0.39, 0.29) is 24.4 Å². The molecular weight excluding hydrogens is 380 g/mol. The van der Waals surface area contributed by atoms with Crippen LogP contribution in [-0.2, 0) is 14.3 Å². The van der Waals surface area contributed by atoms with E-state index >= 15 is 0 Å². The molecule has 0 aromatic heterocycles. The fourth-order valence-corrected chi connectivity index (χ4v) is 2.45. The van der Waals surface area contributed by atoms with Gasteiger partial charge in [-0.15, -0.1) is 0 Å². The first-order valence-electron chi connectivity index (χ1n) is 8.96. The minimum absolute atomic E-state index is 0.0494. The van der Waals surface area contributed by atoms with Gasteiger partial charge in [-0.05, 0) is 31.5 Å². The number of ether oxygens (including phenoxy) is 3. The van der Waals surface area contributed by atoms with Crippen LogP contribution in [0.5, 0.6) is 11.5 Å². The summed E-state index contributed by atoms with van der Waals surface area (Å²) in [6.07, 6.45) is -0.0712. The summed E-state index contributed by atoms with van der Waals surface area (Å²) in [5, 5.41) is 13.5. The predicted molar refractivity (Wildman–Crippen MR) is 105 cm³/mol. The second-order valence-corrected chi connectivity index (χ2v) is 5.91. The highest BCUT2D eigenvalue weighted by Crippen LogP contribution is 2.28. The fraction of sp³-hybridized carbons (Fsp3) is 0.300. The number of esters is 1. The lowest BCUT2D eigenvalue weighted by atomic mass is 10.1. The number of benzene rings is 2. The van der Waals surface area contributed by atoms with Crippen LogP contribution in [0.1, 0.15) is 18.9 Å². The number of hydrogen-bond donors (Lipinski definition) is 1. The maximum atomic E-state index is 12.0. The predicted octanol–water partition coefficient (Wildman–Crippen LogP) is 3.25. The molecule has 2 aromatic rings. The van der Waals surface area contributed by atoms with Gasteiger partial charge in [-0.2, -0.15) is 0 Å². The summed E-state index contributed by atoms with van der Waals surface area (Å²) in [5.41, 5.74) is 0.376. The molecule has 1 N–H and O–H groups in total. The molecule has 2 rings (SSSR count). The number of nitro benzene ring substituents is 1. The number of carbonyl (C=O) groups is 2. The maximum Gasteiger partial charge on any atom is 0.309 e. The summed E-state index contributed by atoms with van der Waals surface area (Å²) in [5.74, 6) is -0.221. The monoisotopic (exact) mass is 402 g/mol.